The summed E-state index contributed by atoms with van der Waals surface area (Å²) in [6.45, 7) is 7.47. The van der Waals surface area contributed by atoms with Crippen LogP contribution in [0.1, 0.15) is 32.4 Å². The molecule has 4 atom stereocenters. The Balaban J connectivity index is 2.24. The van der Waals surface area contributed by atoms with Crippen molar-refractivity contribution >= 4 is 35.1 Å². The highest BCUT2D eigenvalue weighted by Crippen LogP contribution is 2.42. The highest BCUT2D eigenvalue weighted by Gasteiger charge is 2.32. The molecule has 0 amide bonds. The van der Waals surface area contributed by atoms with Crippen molar-refractivity contribution in [1.82, 2.24) is 5.32 Å². The second-order valence-electron chi connectivity index (χ2n) is 5.12. The minimum atomic E-state index is -0.220. The van der Waals surface area contributed by atoms with Crippen molar-refractivity contribution in [2.24, 2.45) is 0 Å². The Labute approximate surface area is 134 Å². The number of hydrogen-bond donors (Lipinski definition) is 1. The van der Waals surface area contributed by atoms with Gasteiger partial charge in [-0.2, -0.15) is 23.5 Å². The lowest BCUT2D eigenvalue weighted by atomic mass is 10.0. The van der Waals surface area contributed by atoms with E-state index >= 15 is 0 Å². The van der Waals surface area contributed by atoms with E-state index in [4.69, 9.17) is 11.6 Å². The van der Waals surface area contributed by atoms with Gasteiger partial charge in [0.25, 0.3) is 0 Å². The van der Waals surface area contributed by atoms with Crippen LogP contribution in [0.2, 0.25) is 5.02 Å². The van der Waals surface area contributed by atoms with E-state index in [1.54, 1.807) is 12.1 Å². The third-order valence-corrected chi connectivity index (χ3v) is 7.50. The zero-order valence-electron chi connectivity index (χ0n) is 12.0. The molecule has 0 bridgehead atoms. The first-order valence-electron chi connectivity index (χ1n) is 6.98. The topological polar surface area (TPSA) is 12.0 Å². The van der Waals surface area contributed by atoms with Crippen LogP contribution in [0.3, 0.4) is 0 Å². The lowest BCUT2D eigenvalue weighted by Crippen LogP contribution is -2.37. The van der Waals surface area contributed by atoms with Gasteiger partial charge in [0.05, 0.1) is 0 Å². The fourth-order valence-electron chi connectivity index (χ4n) is 2.40. The maximum Gasteiger partial charge on any atom is 0.123 e. The van der Waals surface area contributed by atoms with Gasteiger partial charge < -0.3 is 5.32 Å². The van der Waals surface area contributed by atoms with Crippen LogP contribution in [0.25, 0.3) is 0 Å². The highest BCUT2D eigenvalue weighted by atomic mass is 35.5. The zero-order valence-corrected chi connectivity index (χ0v) is 14.4. The van der Waals surface area contributed by atoms with Gasteiger partial charge >= 0.3 is 0 Å². The second-order valence-corrected chi connectivity index (χ2v) is 8.56. The SMILES string of the molecule is CCNC(c1cc(F)ccc1Cl)C1CSC(C)C(C)S1. The predicted octanol–water partition coefficient (Wildman–Crippen LogP) is 4.76. The molecule has 0 spiro atoms. The van der Waals surface area contributed by atoms with Gasteiger partial charge in [-0.05, 0) is 30.3 Å². The first-order valence-corrected chi connectivity index (χ1v) is 9.35. The van der Waals surface area contributed by atoms with Crippen molar-refractivity contribution in [3.8, 4) is 0 Å². The number of nitrogens with one attached hydrogen (secondary N) is 1. The molecule has 1 fully saturated rings. The van der Waals surface area contributed by atoms with Crippen molar-refractivity contribution in [3.05, 3.63) is 34.6 Å². The van der Waals surface area contributed by atoms with Crippen LogP contribution in [-0.2, 0) is 0 Å². The standard InChI is InChI=1S/C15H21ClFNS2/c1-4-18-15(12-7-11(17)5-6-13(12)16)14-8-19-9(2)10(3)20-14/h5-7,9-10,14-15,18H,4,8H2,1-3H3. The Morgan fingerprint density at radius 2 is 2.15 bits per heavy atom. The van der Waals surface area contributed by atoms with E-state index in [0.717, 1.165) is 17.9 Å². The zero-order chi connectivity index (χ0) is 14.7. The van der Waals surface area contributed by atoms with E-state index in [9.17, 15) is 4.39 Å². The Kier molecular flexibility index (Phi) is 6.09. The average Bonchev–Trinajstić information content (AvgIpc) is 2.42. The van der Waals surface area contributed by atoms with Crippen LogP contribution in [0.4, 0.5) is 4.39 Å². The number of thioether (sulfide) groups is 2. The fourth-order valence-corrected chi connectivity index (χ4v) is 5.74. The molecule has 112 valence electrons. The summed E-state index contributed by atoms with van der Waals surface area (Å²) in [4.78, 5) is 0. The maximum atomic E-state index is 13.6. The molecule has 1 heterocycles. The summed E-state index contributed by atoms with van der Waals surface area (Å²) in [6.07, 6.45) is 0. The van der Waals surface area contributed by atoms with E-state index in [-0.39, 0.29) is 11.9 Å². The van der Waals surface area contributed by atoms with Crippen molar-refractivity contribution in [2.45, 2.75) is 42.6 Å². The summed E-state index contributed by atoms with van der Waals surface area (Å²) in [7, 11) is 0. The van der Waals surface area contributed by atoms with E-state index in [2.05, 4.69) is 26.1 Å². The molecule has 1 N–H and O–H groups in total. The molecule has 5 heteroatoms. The van der Waals surface area contributed by atoms with Crippen LogP contribution in [0.15, 0.2) is 18.2 Å². The number of halogens is 2. The minimum Gasteiger partial charge on any atom is -0.309 e. The molecule has 20 heavy (non-hydrogen) atoms. The van der Waals surface area contributed by atoms with Crippen molar-refractivity contribution in [2.75, 3.05) is 12.3 Å². The highest BCUT2D eigenvalue weighted by molar-refractivity contribution is 8.07. The summed E-state index contributed by atoms with van der Waals surface area (Å²) in [5.74, 6) is 0.850. The van der Waals surface area contributed by atoms with Crippen LogP contribution in [-0.4, -0.2) is 28.0 Å². The summed E-state index contributed by atoms with van der Waals surface area (Å²) >= 11 is 10.3. The maximum absolute atomic E-state index is 13.6. The molecule has 4 unspecified atom stereocenters. The van der Waals surface area contributed by atoms with Crippen molar-refractivity contribution < 1.29 is 4.39 Å². The normalized spacial score (nSPS) is 28.4. The quantitative estimate of drug-likeness (QED) is 0.853. The number of benzene rings is 1. The van der Waals surface area contributed by atoms with Crippen molar-refractivity contribution in [3.63, 3.8) is 0 Å². The summed E-state index contributed by atoms with van der Waals surface area (Å²) in [5, 5.41) is 5.83. The molecule has 0 aliphatic carbocycles. The van der Waals surface area contributed by atoms with Gasteiger partial charge in [-0.15, -0.1) is 0 Å². The van der Waals surface area contributed by atoms with E-state index in [1.165, 1.54) is 6.07 Å². The summed E-state index contributed by atoms with van der Waals surface area (Å²) < 4.78 is 13.6. The largest absolute Gasteiger partial charge is 0.309 e. The molecule has 2 rings (SSSR count). The summed E-state index contributed by atoms with van der Waals surface area (Å²) in [6, 6.07) is 4.76. The van der Waals surface area contributed by atoms with Crippen LogP contribution in [0, 0.1) is 5.82 Å². The van der Waals surface area contributed by atoms with Gasteiger partial charge in [0.2, 0.25) is 0 Å². The van der Waals surface area contributed by atoms with Crippen LogP contribution < -0.4 is 5.32 Å². The van der Waals surface area contributed by atoms with Gasteiger partial charge in [0.15, 0.2) is 0 Å². The Morgan fingerprint density at radius 1 is 1.40 bits per heavy atom. The monoisotopic (exact) mass is 333 g/mol. The van der Waals surface area contributed by atoms with Crippen LogP contribution in [0.5, 0.6) is 0 Å². The third-order valence-electron chi connectivity index (χ3n) is 3.66. The predicted molar refractivity (Wildman–Crippen MR) is 90.6 cm³/mol. The van der Waals surface area contributed by atoms with Gasteiger partial charge in [0.1, 0.15) is 5.82 Å². The first kappa shape index (κ1) is 16.5. The van der Waals surface area contributed by atoms with E-state index < -0.39 is 0 Å². The second kappa shape index (κ2) is 7.39. The summed E-state index contributed by atoms with van der Waals surface area (Å²) in [5.41, 5.74) is 0.883. The smallest absolute Gasteiger partial charge is 0.123 e. The lowest BCUT2D eigenvalue weighted by molar-refractivity contribution is 0.541. The van der Waals surface area contributed by atoms with Gasteiger partial charge in [-0.1, -0.05) is 32.4 Å². The van der Waals surface area contributed by atoms with Crippen LogP contribution >= 0.6 is 35.1 Å². The Bertz CT molecular complexity index is 457. The number of rotatable bonds is 4. The molecule has 0 aromatic heterocycles. The van der Waals surface area contributed by atoms with Gasteiger partial charge in [-0.3, -0.25) is 0 Å². The molecule has 0 saturated carbocycles. The van der Waals surface area contributed by atoms with E-state index in [1.807, 2.05) is 23.5 Å². The Morgan fingerprint density at radius 3 is 2.80 bits per heavy atom. The number of hydrogen-bond acceptors (Lipinski definition) is 3. The molecule has 1 nitrogen and oxygen atoms in total. The molecule has 1 aliphatic heterocycles. The molecular formula is C15H21ClFNS2. The average molecular weight is 334 g/mol. The Hall–Kier alpha value is 0.1000. The molecule has 1 aliphatic rings. The molecular weight excluding hydrogens is 313 g/mol. The van der Waals surface area contributed by atoms with Crippen molar-refractivity contribution in [1.29, 1.82) is 0 Å². The minimum absolute atomic E-state index is 0.107. The lowest BCUT2D eigenvalue weighted by Gasteiger charge is -2.36. The third kappa shape index (κ3) is 3.85. The molecule has 0 radical (unpaired) electrons. The molecule has 1 saturated heterocycles. The molecule has 1 aromatic rings. The van der Waals surface area contributed by atoms with E-state index in [0.29, 0.717) is 20.8 Å². The van der Waals surface area contributed by atoms with Gasteiger partial charge in [0, 0.05) is 32.6 Å². The molecule has 1 aromatic carbocycles. The first-order chi connectivity index (χ1) is 9.52. The fraction of sp³-hybridized carbons (Fsp3) is 0.600. The van der Waals surface area contributed by atoms with Gasteiger partial charge in [-0.25, -0.2) is 4.39 Å².